The second-order valence-corrected chi connectivity index (χ2v) is 8.27. The molecule has 1 aliphatic heterocycles. The molecule has 4 nitrogen and oxygen atoms in total. The SMILES string of the molecule is CC(=C\c1ccccc1)/C=C1/SC(=S)N(NC(=O)c2ccccc2Br)C1=O. The van der Waals surface area contributed by atoms with Crippen molar-refractivity contribution in [2.75, 3.05) is 0 Å². The summed E-state index contributed by atoms with van der Waals surface area (Å²) in [7, 11) is 0. The molecule has 1 saturated heterocycles. The largest absolute Gasteiger partial charge is 0.285 e. The number of carbonyl (C=O) groups excluding carboxylic acids is 2. The van der Waals surface area contributed by atoms with Gasteiger partial charge in [0.25, 0.3) is 11.8 Å². The minimum atomic E-state index is -0.406. The lowest BCUT2D eigenvalue weighted by Gasteiger charge is -2.16. The topological polar surface area (TPSA) is 49.4 Å². The maximum Gasteiger partial charge on any atom is 0.285 e. The normalized spacial score (nSPS) is 16.1. The monoisotopic (exact) mass is 458 g/mol. The molecule has 1 fully saturated rings. The lowest BCUT2D eigenvalue weighted by atomic mass is 10.1. The van der Waals surface area contributed by atoms with Gasteiger partial charge in [-0.1, -0.05) is 60.3 Å². The summed E-state index contributed by atoms with van der Waals surface area (Å²) in [5.74, 6) is -0.747. The summed E-state index contributed by atoms with van der Waals surface area (Å²) in [6.45, 7) is 1.92. The molecule has 7 heteroatoms. The van der Waals surface area contributed by atoms with Crippen LogP contribution in [-0.4, -0.2) is 21.1 Å². The first kappa shape index (κ1) is 19.5. The molecule has 2 aromatic carbocycles. The molecule has 2 amide bonds. The van der Waals surface area contributed by atoms with Gasteiger partial charge in [0.15, 0.2) is 4.32 Å². The highest BCUT2D eigenvalue weighted by Gasteiger charge is 2.33. The van der Waals surface area contributed by atoms with Crippen LogP contribution in [0.3, 0.4) is 0 Å². The fourth-order valence-corrected chi connectivity index (χ4v) is 4.13. The third-order valence-electron chi connectivity index (χ3n) is 3.68. The van der Waals surface area contributed by atoms with Crippen LogP contribution in [0.1, 0.15) is 22.8 Å². The molecule has 0 spiro atoms. The van der Waals surface area contributed by atoms with Crippen molar-refractivity contribution in [3.63, 3.8) is 0 Å². The second kappa shape index (κ2) is 8.65. The molecule has 2 aromatic rings. The number of carbonyl (C=O) groups is 2. The summed E-state index contributed by atoms with van der Waals surface area (Å²) in [6, 6.07) is 16.8. The Morgan fingerprint density at radius 3 is 2.52 bits per heavy atom. The number of nitrogens with one attached hydrogen (secondary N) is 1. The summed E-state index contributed by atoms with van der Waals surface area (Å²) in [6.07, 6.45) is 3.75. The highest BCUT2D eigenvalue weighted by Crippen LogP contribution is 2.31. The number of halogens is 1. The van der Waals surface area contributed by atoms with Gasteiger partial charge in [-0.3, -0.25) is 15.0 Å². The lowest BCUT2D eigenvalue weighted by Crippen LogP contribution is -2.44. The first-order valence-electron chi connectivity index (χ1n) is 8.02. The average Bonchev–Trinajstić information content (AvgIpc) is 2.90. The Kier molecular flexibility index (Phi) is 6.26. The Morgan fingerprint density at radius 1 is 1.15 bits per heavy atom. The van der Waals surface area contributed by atoms with Gasteiger partial charge in [0.2, 0.25) is 0 Å². The standard InChI is InChI=1S/C20H15BrN2O2S2/c1-13(11-14-7-3-2-4-8-14)12-17-19(25)23(20(26)27-17)22-18(24)15-9-5-6-10-16(15)21/h2-12H,1H3,(H,22,24)/b13-11+,17-12+. The molecule has 0 radical (unpaired) electrons. The van der Waals surface area contributed by atoms with E-state index in [-0.39, 0.29) is 5.91 Å². The number of benzene rings is 2. The summed E-state index contributed by atoms with van der Waals surface area (Å²) < 4.78 is 0.935. The number of hydrogen-bond acceptors (Lipinski definition) is 4. The molecule has 0 saturated carbocycles. The Balaban J connectivity index is 1.76. The Morgan fingerprint density at radius 2 is 1.81 bits per heavy atom. The third-order valence-corrected chi connectivity index (χ3v) is 5.67. The zero-order chi connectivity index (χ0) is 19.4. The zero-order valence-corrected chi connectivity index (χ0v) is 17.5. The van der Waals surface area contributed by atoms with Gasteiger partial charge in [0, 0.05) is 4.47 Å². The molecule has 1 N–H and O–H groups in total. The van der Waals surface area contributed by atoms with Crippen LogP contribution in [-0.2, 0) is 4.79 Å². The van der Waals surface area contributed by atoms with Gasteiger partial charge in [-0.05, 0) is 64.4 Å². The van der Waals surface area contributed by atoms with Crippen LogP contribution in [0.5, 0.6) is 0 Å². The van der Waals surface area contributed by atoms with E-state index in [0.717, 1.165) is 27.9 Å². The fraction of sp³-hybridized carbons (Fsp3) is 0.0500. The number of hydrogen-bond donors (Lipinski definition) is 1. The summed E-state index contributed by atoms with van der Waals surface area (Å²) in [5, 5.41) is 1.11. The van der Waals surface area contributed by atoms with Crippen LogP contribution in [0.4, 0.5) is 0 Å². The maximum absolute atomic E-state index is 12.7. The van der Waals surface area contributed by atoms with E-state index in [1.54, 1.807) is 24.3 Å². The number of rotatable bonds is 4. The van der Waals surface area contributed by atoms with E-state index in [2.05, 4.69) is 21.4 Å². The minimum absolute atomic E-state index is 0.291. The average molecular weight is 459 g/mol. The van der Waals surface area contributed by atoms with Gasteiger partial charge in [0.05, 0.1) is 10.5 Å². The van der Waals surface area contributed by atoms with Gasteiger partial charge in [0.1, 0.15) is 0 Å². The third kappa shape index (κ3) is 4.74. The van der Waals surface area contributed by atoms with Crippen molar-refractivity contribution in [3.05, 3.63) is 86.8 Å². The highest BCUT2D eigenvalue weighted by atomic mass is 79.9. The quantitative estimate of drug-likeness (QED) is 0.520. The van der Waals surface area contributed by atoms with Gasteiger partial charge in [-0.2, -0.15) is 5.01 Å². The highest BCUT2D eigenvalue weighted by molar-refractivity contribution is 9.10. The number of amides is 2. The van der Waals surface area contributed by atoms with E-state index in [4.69, 9.17) is 12.2 Å². The van der Waals surface area contributed by atoms with Gasteiger partial charge >= 0.3 is 0 Å². The van der Waals surface area contributed by atoms with E-state index >= 15 is 0 Å². The molecular weight excluding hydrogens is 444 g/mol. The van der Waals surface area contributed by atoms with Gasteiger partial charge in [-0.15, -0.1) is 0 Å². The van der Waals surface area contributed by atoms with Crippen molar-refractivity contribution >= 4 is 62.1 Å². The lowest BCUT2D eigenvalue weighted by molar-refractivity contribution is -0.123. The van der Waals surface area contributed by atoms with Crippen molar-refractivity contribution < 1.29 is 9.59 Å². The molecule has 0 aliphatic carbocycles. The van der Waals surface area contributed by atoms with E-state index < -0.39 is 5.91 Å². The molecule has 0 atom stereocenters. The van der Waals surface area contributed by atoms with E-state index in [1.165, 1.54) is 0 Å². The number of nitrogens with zero attached hydrogens (tertiary/aromatic N) is 1. The molecule has 0 aromatic heterocycles. The van der Waals surface area contributed by atoms with Crippen molar-refractivity contribution in [1.82, 2.24) is 10.4 Å². The summed E-state index contributed by atoms with van der Waals surface area (Å²) in [4.78, 5) is 25.6. The van der Waals surface area contributed by atoms with Crippen LogP contribution in [0, 0.1) is 0 Å². The Bertz CT molecular complexity index is 971. The van der Waals surface area contributed by atoms with Crippen LogP contribution >= 0.6 is 39.9 Å². The van der Waals surface area contributed by atoms with Gasteiger partial charge < -0.3 is 0 Å². The van der Waals surface area contributed by atoms with Crippen LogP contribution in [0.2, 0.25) is 0 Å². The maximum atomic E-state index is 12.7. The smallest absolute Gasteiger partial charge is 0.267 e. The molecule has 1 heterocycles. The van der Waals surface area contributed by atoms with Crippen molar-refractivity contribution in [2.24, 2.45) is 0 Å². The summed E-state index contributed by atoms with van der Waals surface area (Å²) >= 11 is 9.75. The molecular formula is C20H15BrN2O2S2. The molecule has 3 rings (SSSR count). The number of thioether (sulfide) groups is 1. The first-order valence-corrected chi connectivity index (χ1v) is 10.0. The Hall–Kier alpha value is -2.22. The zero-order valence-electron chi connectivity index (χ0n) is 14.3. The summed E-state index contributed by atoms with van der Waals surface area (Å²) in [5.41, 5.74) is 4.97. The van der Waals surface area contributed by atoms with E-state index in [0.29, 0.717) is 19.3 Å². The van der Waals surface area contributed by atoms with Crippen molar-refractivity contribution in [1.29, 1.82) is 0 Å². The van der Waals surface area contributed by atoms with Gasteiger partial charge in [-0.25, -0.2) is 0 Å². The first-order chi connectivity index (χ1) is 13.0. The molecule has 0 bridgehead atoms. The number of thiocarbonyl (C=S) groups is 1. The van der Waals surface area contributed by atoms with E-state index in [9.17, 15) is 9.59 Å². The number of hydrazine groups is 1. The second-order valence-electron chi connectivity index (χ2n) is 5.74. The molecule has 0 unspecified atom stereocenters. The predicted molar refractivity (Wildman–Crippen MR) is 117 cm³/mol. The number of allylic oxidation sites excluding steroid dienone is 2. The Labute approximate surface area is 175 Å². The van der Waals surface area contributed by atoms with Crippen LogP contribution in [0.15, 0.2) is 75.6 Å². The van der Waals surface area contributed by atoms with Crippen LogP contribution < -0.4 is 5.43 Å². The van der Waals surface area contributed by atoms with Crippen molar-refractivity contribution in [2.45, 2.75) is 6.92 Å². The van der Waals surface area contributed by atoms with Crippen LogP contribution in [0.25, 0.3) is 6.08 Å². The molecule has 27 heavy (non-hydrogen) atoms. The van der Waals surface area contributed by atoms with Crippen molar-refractivity contribution in [3.8, 4) is 0 Å². The predicted octanol–water partition coefficient (Wildman–Crippen LogP) is 4.94. The van der Waals surface area contributed by atoms with E-state index in [1.807, 2.05) is 49.4 Å². The molecule has 1 aliphatic rings. The minimum Gasteiger partial charge on any atom is -0.267 e. The molecule has 136 valence electrons. The fourth-order valence-electron chi connectivity index (χ4n) is 2.43.